The number of thiol groups is 1. The van der Waals surface area contributed by atoms with Crippen molar-refractivity contribution in [1.29, 1.82) is 0 Å². The molecule has 1 aliphatic heterocycles. The Kier molecular flexibility index (Phi) is 4.90. The summed E-state index contributed by atoms with van der Waals surface area (Å²) in [7, 11) is -0.639. The molecule has 0 unspecified atom stereocenters. The van der Waals surface area contributed by atoms with Crippen LogP contribution in [0.3, 0.4) is 0 Å². The molecular formula is C15H19BF3NO2S. The molecule has 0 aromatic carbocycles. The van der Waals surface area contributed by atoms with E-state index in [1.165, 1.54) is 6.07 Å². The smallest absolute Gasteiger partial charge is 0.400 e. The summed E-state index contributed by atoms with van der Waals surface area (Å²) in [6.45, 7) is 7.66. The number of alkyl halides is 3. The lowest BCUT2D eigenvalue weighted by Gasteiger charge is -2.32. The second kappa shape index (κ2) is 6.14. The molecule has 0 N–H and O–H groups in total. The minimum absolute atomic E-state index is 0.306. The lowest BCUT2D eigenvalue weighted by molar-refractivity contribution is -0.141. The van der Waals surface area contributed by atoms with Crippen LogP contribution in [0.5, 0.6) is 0 Å². The fourth-order valence-electron chi connectivity index (χ4n) is 2.09. The minimum atomic E-state index is -4.48. The Balaban J connectivity index is 2.31. The van der Waals surface area contributed by atoms with Gasteiger partial charge < -0.3 is 9.31 Å². The van der Waals surface area contributed by atoms with Crippen LogP contribution in [0, 0.1) is 0 Å². The van der Waals surface area contributed by atoms with Crippen LogP contribution < -0.4 is 0 Å². The van der Waals surface area contributed by atoms with Crippen molar-refractivity contribution in [2.45, 2.75) is 45.1 Å². The molecule has 0 saturated carbocycles. The van der Waals surface area contributed by atoms with E-state index in [0.29, 0.717) is 16.8 Å². The zero-order valence-corrected chi connectivity index (χ0v) is 14.3. The summed E-state index contributed by atoms with van der Waals surface area (Å²) >= 11 is 4.25. The summed E-state index contributed by atoms with van der Waals surface area (Å²) in [6, 6.07) is 2.50. The van der Waals surface area contributed by atoms with Gasteiger partial charge in [-0.2, -0.15) is 25.8 Å². The number of halogens is 3. The van der Waals surface area contributed by atoms with Crippen molar-refractivity contribution >= 4 is 25.8 Å². The van der Waals surface area contributed by atoms with Crippen LogP contribution in [-0.2, 0) is 15.5 Å². The van der Waals surface area contributed by atoms with Crippen molar-refractivity contribution in [3.05, 3.63) is 35.1 Å². The highest BCUT2D eigenvalue weighted by Gasteiger charge is 2.52. The summed E-state index contributed by atoms with van der Waals surface area (Å²) in [4.78, 5) is 3.35. The Morgan fingerprint density at radius 1 is 1.26 bits per heavy atom. The van der Waals surface area contributed by atoms with Crippen LogP contribution in [0.15, 0.2) is 23.8 Å². The van der Waals surface area contributed by atoms with Gasteiger partial charge in [0.1, 0.15) is 5.69 Å². The maximum absolute atomic E-state index is 12.7. The van der Waals surface area contributed by atoms with Crippen LogP contribution >= 0.6 is 12.6 Å². The molecule has 0 amide bonds. The number of nitrogens with zero attached hydrogens (tertiary/aromatic N) is 1. The van der Waals surface area contributed by atoms with Gasteiger partial charge in [0, 0.05) is 11.9 Å². The highest BCUT2D eigenvalue weighted by molar-refractivity contribution is 7.80. The van der Waals surface area contributed by atoms with Crippen molar-refractivity contribution in [1.82, 2.24) is 4.98 Å². The van der Waals surface area contributed by atoms with Gasteiger partial charge in [-0.05, 0) is 50.9 Å². The Morgan fingerprint density at radius 2 is 1.83 bits per heavy atom. The summed E-state index contributed by atoms with van der Waals surface area (Å²) in [6.07, 6.45) is -1.74. The molecule has 126 valence electrons. The Bertz CT molecular complexity index is 601. The Hall–Kier alpha value is -0.985. The van der Waals surface area contributed by atoms with Gasteiger partial charge in [-0.25, -0.2) is 0 Å². The van der Waals surface area contributed by atoms with Gasteiger partial charge in [0.2, 0.25) is 0 Å². The van der Waals surface area contributed by atoms with Gasteiger partial charge >= 0.3 is 13.3 Å². The SMILES string of the molecule is CC1(C)OB(C(=Cc2ccnc(C(F)(F)F)c2)CS)OC1(C)C. The monoisotopic (exact) mass is 345 g/mol. The summed E-state index contributed by atoms with van der Waals surface area (Å²) in [5.41, 5.74) is -0.930. The zero-order valence-electron chi connectivity index (χ0n) is 13.4. The number of hydrogen-bond donors (Lipinski definition) is 1. The number of hydrogen-bond acceptors (Lipinski definition) is 4. The third-order valence-electron chi connectivity index (χ3n) is 4.17. The van der Waals surface area contributed by atoms with E-state index in [0.717, 1.165) is 12.3 Å². The molecular weight excluding hydrogens is 326 g/mol. The largest absolute Gasteiger partial charge is 0.491 e. The van der Waals surface area contributed by atoms with Gasteiger partial charge in [0.25, 0.3) is 0 Å². The second-order valence-corrected chi connectivity index (χ2v) is 6.75. The minimum Gasteiger partial charge on any atom is -0.400 e. The van der Waals surface area contributed by atoms with E-state index in [9.17, 15) is 13.2 Å². The first-order valence-corrected chi connectivity index (χ1v) is 7.80. The third kappa shape index (κ3) is 3.92. The third-order valence-corrected chi connectivity index (χ3v) is 4.53. The van der Waals surface area contributed by atoms with Gasteiger partial charge in [0.15, 0.2) is 0 Å². The van der Waals surface area contributed by atoms with E-state index in [1.54, 1.807) is 6.08 Å². The molecule has 0 radical (unpaired) electrons. The number of aromatic nitrogens is 1. The molecule has 1 fully saturated rings. The predicted molar refractivity (Wildman–Crippen MR) is 87.2 cm³/mol. The van der Waals surface area contributed by atoms with E-state index >= 15 is 0 Å². The van der Waals surface area contributed by atoms with Crippen molar-refractivity contribution in [2.75, 3.05) is 5.75 Å². The highest BCUT2D eigenvalue weighted by Crippen LogP contribution is 2.39. The molecule has 23 heavy (non-hydrogen) atoms. The van der Waals surface area contributed by atoms with Crippen molar-refractivity contribution in [2.24, 2.45) is 0 Å². The molecule has 1 saturated heterocycles. The van der Waals surface area contributed by atoms with E-state index < -0.39 is 30.2 Å². The summed E-state index contributed by atoms with van der Waals surface area (Å²) in [5, 5.41) is 0. The zero-order chi connectivity index (χ0) is 17.5. The van der Waals surface area contributed by atoms with Crippen LogP contribution in [-0.4, -0.2) is 29.1 Å². The topological polar surface area (TPSA) is 31.4 Å². The maximum atomic E-state index is 12.7. The Labute approximate surface area is 139 Å². The average molecular weight is 345 g/mol. The van der Waals surface area contributed by atoms with Crippen LogP contribution in [0.2, 0.25) is 0 Å². The van der Waals surface area contributed by atoms with Gasteiger partial charge in [0.05, 0.1) is 11.2 Å². The molecule has 1 aromatic heterocycles. The average Bonchev–Trinajstić information content (AvgIpc) is 2.64. The highest BCUT2D eigenvalue weighted by atomic mass is 32.1. The summed E-state index contributed by atoms with van der Waals surface area (Å²) in [5.74, 6) is 0.306. The molecule has 0 aliphatic carbocycles. The first-order valence-electron chi connectivity index (χ1n) is 7.16. The molecule has 3 nitrogen and oxygen atoms in total. The van der Waals surface area contributed by atoms with Crippen molar-refractivity contribution in [3.63, 3.8) is 0 Å². The first-order chi connectivity index (χ1) is 10.5. The second-order valence-electron chi connectivity index (χ2n) is 6.44. The van der Waals surface area contributed by atoms with Crippen LogP contribution in [0.25, 0.3) is 6.08 Å². The van der Waals surface area contributed by atoms with Gasteiger partial charge in [-0.1, -0.05) is 6.08 Å². The van der Waals surface area contributed by atoms with Crippen LogP contribution in [0.4, 0.5) is 13.2 Å². The lowest BCUT2D eigenvalue weighted by atomic mass is 9.78. The number of rotatable bonds is 3. The van der Waals surface area contributed by atoms with Crippen molar-refractivity contribution < 1.29 is 22.5 Å². The van der Waals surface area contributed by atoms with Gasteiger partial charge in [-0.15, -0.1) is 0 Å². The fraction of sp³-hybridized carbons (Fsp3) is 0.533. The molecule has 0 bridgehead atoms. The molecule has 0 atom stereocenters. The van der Waals surface area contributed by atoms with Gasteiger partial charge in [-0.3, -0.25) is 4.98 Å². The maximum Gasteiger partial charge on any atom is 0.491 e. The molecule has 0 spiro atoms. The quantitative estimate of drug-likeness (QED) is 0.663. The standard InChI is InChI=1S/C15H19BF3NO2S/c1-13(2)14(3,4)22-16(21-13)11(9-23)7-10-5-6-20-12(8-10)15(17,18)19/h5-8,23H,9H2,1-4H3. The fourth-order valence-corrected chi connectivity index (χ4v) is 2.33. The lowest BCUT2D eigenvalue weighted by Crippen LogP contribution is -2.41. The molecule has 2 rings (SSSR count). The molecule has 2 heterocycles. The molecule has 1 aliphatic rings. The van der Waals surface area contributed by atoms with Crippen LogP contribution in [0.1, 0.15) is 39.0 Å². The normalized spacial score (nSPS) is 20.9. The molecule has 8 heteroatoms. The first kappa shape index (κ1) is 18.4. The predicted octanol–water partition coefficient (Wildman–Crippen LogP) is 4.05. The number of pyridine rings is 1. The van der Waals surface area contributed by atoms with E-state index in [1.807, 2.05) is 27.7 Å². The van der Waals surface area contributed by atoms with E-state index in [4.69, 9.17) is 9.31 Å². The summed E-state index contributed by atoms with van der Waals surface area (Å²) < 4.78 is 50.1. The van der Waals surface area contributed by atoms with E-state index in [-0.39, 0.29) is 0 Å². The Morgan fingerprint density at radius 3 is 2.30 bits per heavy atom. The van der Waals surface area contributed by atoms with E-state index in [2.05, 4.69) is 17.6 Å². The van der Waals surface area contributed by atoms with Crippen molar-refractivity contribution in [3.8, 4) is 0 Å². The molecule has 1 aromatic rings.